The van der Waals surface area contributed by atoms with Gasteiger partial charge in [0.2, 0.25) is 5.91 Å². The van der Waals surface area contributed by atoms with Gasteiger partial charge in [-0.1, -0.05) is 42.5 Å². The number of hydrogen-bond acceptors (Lipinski definition) is 2. The molecule has 2 rings (SSSR count). The average molecular weight is 286 g/mol. The van der Waals surface area contributed by atoms with Gasteiger partial charge in [-0.2, -0.15) is 0 Å². The van der Waals surface area contributed by atoms with Crippen molar-refractivity contribution in [3.63, 3.8) is 0 Å². The molecule has 2 aromatic carbocycles. The zero-order valence-electron chi connectivity index (χ0n) is 11.9. The van der Waals surface area contributed by atoms with Crippen molar-refractivity contribution in [2.75, 3.05) is 0 Å². The van der Waals surface area contributed by atoms with Gasteiger partial charge in [-0.05, 0) is 36.6 Å². The molecule has 0 radical (unpaired) electrons. The van der Waals surface area contributed by atoms with Crippen molar-refractivity contribution in [2.24, 2.45) is 5.73 Å². The summed E-state index contributed by atoms with van der Waals surface area (Å²) in [6.45, 7) is 1.81. The molecule has 0 fully saturated rings. The number of nitrogens with two attached hydrogens (primary N) is 1. The van der Waals surface area contributed by atoms with Crippen molar-refractivity contribution < 1.29 is 9.18 Å². The van der Waals surface area contributed by atoms with E-state index < -0.39 is 6.04 Å². The molecule has 3 N–H and O–H groups in total. The van der Waals surface area contributed by atoms with Gasteiger partial charge in [-0.3, -0.25) is 4.79 Å². The van der Waals surface area contributed by atoms with E-state index in [2.05, 4.69) is 5.32 Å². The maximum atomic E-state index is 13.2. The monoisotopic (exact) mass is 286 g/mol. The highest BCUT2D eigenvalue weighted by molar-refractivity contribution is 5.82. The molecule has 110 valence electrons. The third-order valence-corrected chi connectivity index (χ3v) is 3.34. The van der Waals surface area contributed by atoms with E-state index in [-0.39, 0.29) is 17.8 Å². The van der Waals surface area contributed by atoms with Gasteiger partial charge in [0, 0.05) is 0 Å². The third kappa shape index (κ3) is 4.39. The molecule has 0 heterocycles. The number of rotatable bonds is 5. The van der Waals surface area contributed by atoms with Crippen LogP contribution in [-0.2, 0) is 11.2 Å². The first-order valence-electron chi connectivity index (χ1n) is 6.91. The highest BCUT2D eigenvalue weighted by Gasteiger charge is 2.17. The highest BCUT2D eigenvalue weighted by atomic mass is 19.1. The molecule has 21 heavy (non-hydrogen) atoms. The van der Waals surface area contributed by atoms with E-state index in [1.54, 1.807) is 12.1 Å². The summed E-state index contributed by atoms with van der Waals surface area (Å²) < 4.78 is 13.2. The Hall–Kier alpha value is -2.20. The molecule has 0 spiro atoms. The molecule has 0 saturated heterocycles. The number of carbonyl (C=O) groups is 1. The molecular weight excluding hydrogens is 267 g/mol. The van der Waals surface area contributed by atoms with Crippen molar-refractivity contribution in [2.45, 2.75) is 25.4 Å². The summed E-state index contributed by atoms with van der Waals surface area (Å²) in [6, 6.07) is 14.9. The van der Waals surface area contributed by atoms with Crippen LogP contribution >= 0.6 is 0 Å². The Labute approximate surface area is 124 Å². The fourth-order valence-corrected chi connectivity index (χ4v) is 2.14. The Morgan fingerprint density at radius 1 is 1.19 bits per heavy atom. The van der Waals surface area contributed by atoms with E-state index in [9.17, 15) is 9.18 Å². The summed E-state index contributed by atoms with van der Waals surface area (Å²) in [6.07, 6.45) is 0.475. The Morgan fingerprint density at radius 3 is 2.57 bits per heavy atom. The summed E-state index contributed by atoms with van der Waals surface area (Å²) in [5, 5.41) is 2.81. The van der Waals surface area contributed by atoms with E-state index in [4.69, 9.17) is 5.73 Å². The molecule has 0 bridgehead atoms. The fourth-order valence-electron chi connectivity index (χ4n) is 2.14. The largest absolute Gasteiger partial charge is 0.348 e. The van der Waals surface area contributed by atoms with E-state index in [0.717, 1.165) is 11.1 Å². The van der Waals surface area contributed by atoms with Crippen molar-refractivity contribution in [3.05, 3.63) is 71.5 Å². The van der Waals surface area contributed by atoms with Crippen molar-refractivity contribution in [1.29, 1.82) is 0 Å². The molecule has 0 aromatic heterocycles. The second-order valence-electron chi connectivity index (χ2n) is 5.08. The molecule has 2 aromatic rings. The average Bonchev–Trinajstić information content (AvgIpc) is 2.48. The standard InChI is InChI=1S/C17H19FN2O/c1-12(14-8-5-9-15(18)11-14)20-17(21)16(19)10-13-6-3-2-4-7-13/h2-9,11-12,16H,10,19H2,1H3,(H,20,21)/t12-,16?/m1/s1. The lowest BCUT2D eigenvalue weighted by atomic mass is 10.0. The molecule has 3 nitrogen and oxygen atoms in total. The van der Waals surface area contributed by atoms with Crippen LogP contribution in [0.1, 0.15) is 24.1 Å². The van der Waals surface area contributed by atoms with Gasteiger partial charge in [0.25, 0.3) is 0 Å². The Kier molecular flexibility index (Phi) is 5.06. The molecule has 0 saturated carbocycles. The normalized spacial score (nSPS) is 13.5. The number of amides is 1. The second-order valence-corrected chi connectivity index (χ2v) is 5.08. The molecule has 1 unspecified atom stereocenters. The summed E-state index contributed by atoms with van der Waals surface area (Å²) in [7, 11) is 0. The summed E-state index contributed by atoms with van der Waals surface area (Å²) in [5.41, 5.74) is 7.65. The smallest absolute Gasteiger partial charge is 0.237 e. The molecule has 2 atom stereocenters. The zero-order chi connectivity index (χ0) is 15.2. The number of benzene rings is 2. The SMILES string of the molecule is C[C@@H](NC(=O)C(N)Cc1ccccc1)c1cccc(F)c1. The summed E-state index contributed by atoms with van der Waals surface area (Å²) in [5.74, 6) is -0.558. The van der Waals surface area contributed by atoms with Crippen molar-refractivity contribution in [3.8, 4) is 0 Å². The van der Waals surface area contributed by atoms with Crippen LogP contribution in [0.25, 0.3) is 0 Å². The molecule has 1 amide bonds. The summed E-state index contributed by atoms with van der Waals surface area (Å²) >= 11 is 0. The second kappa shape index (κ2) is 6.99. The van der Waals surface area contributed by atoms with Gasteiger partial charge in [-0.15, -0.1) is 0 Å². The maximum Gasteiger partial charge on any atom is 0.237 e. The highest BCUT2D eigenvalue weighted by Crippen LogP contribution is 2.13. The van der Waals surface area contributed by atoms with E-state index in [1.165, 1.54) is 12.1 Å². The zero-order valence-corrected chi connectivity index (χ0v) is 11.9. The van der Waals surface area contributed by atoms with Gasteiger partial charge in [0.05, 0.1) is 12.1 Å². The van der Waals surface area contributed by atoms with Crippen LogP contribution in [0.3, 0.4) is 0 Å². The van der Waals surface area contributed by atoms with E-state index in [1.807, 2.05) is 37.3 Å². The van der Waals surface area contributed by atoms with Crippen LogP contribution in [0.15, 0.2) is 54.6 Å². The number of carbonyl (C=O) groups excluding carboxylic acids is 1. The van der Waals surface area contributed by atoms with Gasteiger partial charge in [0.15, 0.2) is 0 Å². The fraction of sp³-hybridized carbons (Fsp3) is 0.235. The first-order chi connectivity index (χ1) is 10.1. The number of halogens is 1. The minimum Gasteiger partial charge on any atom is -0.348 e. The number of hydrogen-bond donors (Lipinski definition) is 2. The van der Waals surface area contributed by atoms with Gasteiger partial charge < -0.3 is 11.1 Å². The van der Waals surface area contributed by atoms with Crippen LogP contribution in [0.5, 0.6) is 0 Å². The summed E-state index contributed by atoms with van der Waals surface area (Å²) in [4.78, 5) is 12.1. The minimum atomic E-state index is -0.622. The van der Waals surface area contributed by atoms with E-state index in [0.29, 0.717) is 6.42 Å². The third-order valence-electron chi connectivity index (χ3n) is 3.34. The van der Waals surface area contributed by atoms with E-state index >= 15 is 0 Å². The Balaban J connectivity index is 1.94. The molecule has 4 heteroatoms. The van der Waals surface area contributed by atoms with Gasteiger partial charge in [0.1, 0.15) is 5.82 Å². The van der Waals surface area contributed by atoms with Crippen LogP contribution in [-0.4, -0.2) is 11.9 Å². The quantitative estimate of drug-likeness (QED) is 0.887. The van der Waals surface area contributed by atoms with Crippen LogP contribution in [0.4, 0.5) is 4.39 Å². The molecule has 0 aliphatic heterocycles. The van der Waals surface area contributed by atoms with Gasteiger partial charge in [-0.25, -0.2) is 4.39 Å². The van der Waals surface area contributed by atoms with Crippen molar-refractivity contribution in [1.82, 2.24) is 5.32 Å². The first-order valence-corrected chi connectivity index (χ1v) is 6.91. The Morgan fingerprint density at radius 2 is 1.90 bits per heavy atom. The predicted molar refractivity (Wildman–Crippen MR) is 81.1 cm³/mol. The Bertz CT molecular complexity index is 601. The first kappa shape index (κ1) is 15.2. The van der Waals surface area contributed by atoms with Crippen LogP contribution in [0.2, 0.25) is 0 Å². The lowest BCUT2D eigenvalue weighted by molar-refractivity contribution is -0.123. The van der Waals surface area contributed by atoms with Crippen LogP contribution < -0.4 is 11.1 Å². The maximum absolute atomic E-state index is 13.2. The lowest BCUT2D eigenvalue weighted by Gasteiger charge is -2.18. The lowest BCUT2D eigenvalue weighted by Crippen LogP contribution is -2.42. The topological polar surface area (TPSA) is 55.1 Å². The molecule has 0 aliphatic carbocycles. The van der Waals surface area contributed by atoms with Crippen LogP contribution in [0, 0.1) is 5.82 Å². The predicted octanol–water partition coefficient (Wildman–Crippen LogP) is 2.57. The number of nitrogens with one attached hydrogen (secondary N) is 1. The van der Waals surface area contributed by atoms with Gasteiger partial charge >= 0.3 is 0 Å². The van der Waals surface area contributed by atoms with Crippen molar-refractivity contribution >= 4 is 5.91 Å². The molecular formula is C17H19FN2O. The molecule has 0 aliphatic rings. The minimum absolute atomic E-state index is 0.240.